The van der Waals surface area contributed by atoms with Crippen LogP contribution in [0.15, 0.2) is 60.5 Å². The fourth-order valence-electron chi connectivity index (χ4n) is 5.91. The maximum atomic E-state index is 13.3. The van der Waals surface area contributed by atoms with E-state index in [0.29, 0.717) is 51.4 Å². The summed E-state index contributed by atoms with van der Waals surface area (Å²) in [7, 11) is 5.16. The second-order valence-electron chi connectivity index (χ2n) is 11.7. The number of anilines is 1. The average molecular weight is 752 g/mol. The maximum absolute atomic E-state index is 13.3. The van der Waals surface area contributed by atoms with Crippen LogP contribution in [0.1, 0.15) is 0 Å². The zero-order valence-electron chi connectivity index (χ0n) is 28.2. The minimum atomic E-state index is -3.78. The first-order valence-electron chi connectivity index (χ1n) is 15.5. The molecule has 20 heteroatoms. The van der Waals surface area contributed by atoms with E-state index in [1.165, 1.54) is 30.1 Å². The van der Waals surface area contributed by atoms with Crippen LogP contribution in [0.2, 0.25) is 10.2 Å². The molecule has 8 rings (SSSR count). The van der Waals surface area contributed by atoms with Crippen molar-refractivity contribution in [3.05, 3.63) is 65.8 Å². The van der Waals surface area contributed by atoms with E-state index in [9.17, 15) is 8.42 Å². The average Bonchev–Trinajstić information content (AvgIpc) is 3.91. The lowest BCUT2D eigenvalue weighted by Gasteiger charge is -2.34. The number of halogens is 2. The van der Waals surface area contributed by atoms with Gasteiger partial charge < -0.3 is 18.8 Å². The zero-order valence-corrected chi connectivity index (χ0v) is 30.5. The van der Waals surface area contributed by atoms with Crippen molar-refractivity contribution < 1.29 is 13.2 Å². The van der Waals surface area contributed by atoms with E-state index in [1.54, 1.807) is 33.9 Å². The third-order valence-electron chi connectivity index (χ3n) is 8.46. The summed E-state index contributed by atoms with van der Waals surface area (Å²) in [6.07, 6.45) is 10.2. The molecule has 0 saturated carbocycles. The van der Waals surface area contributed by atoms with Crippen LogP contribution < -0.4 is 9.64 Å². The number of nitrogens with zero attached hydrogens (tertiary/aromatic N) is 14. The first kappa shape index (κ1) is 34.3. The maximum Gasteiger partial charge on any atom is 0.246 e. The molecular formula is C31H32Cl2N14O3S. The number of aryl methyl sites for hydroxylation is 4. The van der Waals surface area contributed by atoms with Crippen molar-refractivity contribution in [1.29, 1.82) is 0 Å². The minimum absolute atomic E-state index is 0.0613. The summed E-state index contributed by atoms with van der Waals surface area (Å²) in [6.45, 7) is 1.47. The number of methoxy groups -OCH3 is 1. The molecule has 264 valence electrons. The number of aromatic nitrogens is 12. The molecule has 0 atom stereocenters. The van der Waals surface area contributed by atoms with Gasteiger partial charge in [-0.25, -0.2) is 38.3 Å². The Morgan fingerprint density at radius 1 is 0.745 bits per heavy atom. The monoisotopic (exact) mass is 750 g/mol. The lowest BCUT2D eigenvalue weighted by atomic mass is 10.3. The number of imidazole rings is 2. The van der Waals surface area contributed by atoms with Gasteiger partial charge in [0.25, 0.3) is 0 Å². The summed E-state index contributed by atoms with van der Waals surface area (Å²) < 4.78 is 40.5. The van der Waals surface area contributed by atoms with Crippen LogP contribution >= 0.6 is 23.2 Å². The quantitative estimate of drug-likeness (QED) is 0.227. The lowest BCUT2D eigenvalue weighted by molar-refractivity contribution is 0.374. The van der Waals surface area contributed by atoms with Crippen molar-refractivity contribution in [3.63, 3.8) is 0 Å². The first-order chi connectivity index (χ1) is 24.5. The van der Waals surface area contributed by atoms with Gasteiger partial charge in [-0.15, -0.1) is 0 Å². The van der Waals surface area contributed by atoms with Crippen LogP contribution in [0.25, 0.3) is 45.1 Å². The molecule has 0 unspecified atom stereocenters. The van der Waals surface area contributed by atoms with E-state index in [2.05, 4.69) is 35.1 Å². The molecule has 7 aromatic rings. The second-order valence-corrected chi connectivity index (χ2v) is 14.4. The molecule has 6 aromatic heterocycles. The normalized spacial score (nSPS) is 13.9. The molecular weight excluding hydrogens is 719 g/mol. The Kier molecular flexibility index (Phi) is 9.09. The number of rotatable bonds is 6. The van der Waals surface area contributed by atoms with Crippen LogP contribution in [0.4, 0.5) is 5.82 Å². The number of fused-ring (bicyclic) bond motifs is 2. The highest BCUT2D eigenvalue weighted by Gasteiger charge is 2.32. The van der Waals surface area contributed by atoms with Gasteiger partial charge in [-0.3, -0.25) is 9.36 Å². The van der Waals surface area contributed by atoms with Crippen molar-refractivity contribution in [3.8, 4) is 28.5 Å². The predicted molar refractivity (Wildman–Crippen MR) is 191 cm³/mol. The molecule has 0 N–H and O–H groups in total. The molecule has 7 heterocycles. The van der Waals surface area contributed by atoms with Crippen molar-refractivity contribution in [2.24, 2.45) is 28.2 Å². The number of sulfonamides is 1. The first-order valence-corrected chi connectivity index (χ1v) is 17.7. The highest BCUT2D eigenvalue weighted by molar-refractivity contribution is 7.89. The summed E-state index contributed by atoms with van der Waals surface area (Å²) in [4.78, 5) is 28.3. The fraction of sp³-hybridized carbons (Fsp3) is 0.290. The van der Waals surface area contributed by atoms with Crippen LogP contribution in [0.3, 0.4) is 0 Å². The van der Waals surface area contributed by atoms with Crippen LogP contribution in [0.5, 0.6) is 5.75 Å². The van der Waals surface area contributed by atoms with Crippen LogP contribution in [-0.4, -0.2) is 105 Å². The van der Waals surface area contributed by atoms with E-state index < -0.39 is 10.0 Å². The topological polar surface area (TPSA) is 173 Å². The molecule has 0 radical (unpaired) electrons. The Morgan fingerprint density at radius 3 is 1.86 bits per heavy atom. The van der Waals surface area contributed by atoms with Crippen molar-refractivity contribution >= 4 is 61.4 Å². The molecule has 1 aliphatic heterocycles. The van der Waals surface area contributed by atoms with Gasteiger partial charge in [0.15, 0.2) is 27.8 Å². The van der Waals surface area contributed by atoms with E-state index in [-0.39, 0.29) is 23.7 Å². The van der Waals surface area contributed by atoms with Gasteiger partial charge in [-0.1, -0.05) is 23.2 Å². The van der Waals surface area contributed by atoms with Crippen molar-refractivity contribution in [1.82, 2.24) is 62.9 Å². The number of hydrogen-bond acceptors (Lipinski definition) is 12. The molecule has 1 aliphatic rings. The lowest BCUT2D eigenvalue weighted by Crippen LogP contribution is -2.49. The Hall–Kier alpha value is -5.17. The van der Waals surface area contributed by atoms with Crippen LogP contribution in [0, 0.1) is 0 Å². The molecule has 0 aliphatic carbocycles. The van der Waals surface area contributed by atoms with Gasteiger partial charge in [0.05, 0.1) is 30.6 Å². The van der Waals surface area contributed by atoms with E-state index in [0.717, 1.165) is 22.8 Å². The summed E-state index contributed by atoms with van der Waals surface area (Å²) in [5.74, 6) is 2.45. The Balaban J connectivity index is 0.000000199. The SMILES string of the molecule is COc1ccc(Cl)cc1S(=O)(=O)N1CCN(c2ncnc3c2nc(-c2cnn(C)c2)n3C)CC1.Cn1cc(-c2nc3c(Cl)ncnc3n2C)cn1. The van der Waals surface area contributed by atoms with Crippen LogP contribution in [-0.2, 0) is 38.2 Å². The minimum Gasteiger partial charge on any atom is -0.495 e. The van der Waals surface area contributed by atoms with Gasteiger partial charge in [0, 0.05) is 71.8 Å². The third kappa shape index (κ3) is 6.35. The highest BCUT2D eigenvalue weighted by Crippen LogP contribution is 2.32. The summed E-state index contributed by atoms with van der Waals surface area (Å²) >= 11 is 12.0. The molecule has 1 fully saturated rings. The summed E-state index contributed by atoms with van der Waals surface area (Å²) in [5.41, 5.74) is 4.48. The highest BCUT2D eigenvalue weighted by atomic mass is 35.5. The summed E-state index contributed by atoms with van der Waals surface area (Å²) in [5, 5.41) is 9.04. The molecule has 1 saturated heterocycles. The van der Waals surface area contributed by atoms with E-state index in [4.69, 9.17) is 32.9 Å². The smallest absolute Gasteiger partial charge is 0.246 e. The molecule has 0 spiro atoms. The van der Waals surface area contributed by atoms with Crippen molar-refractivity contribution in [2.45, 2.75) is 4.90 Å². The zero-order chi connectivity index (χ0) is 36.0. The van der Waals surface area contributed by atoms with E-state index >= 15 is 0 Å². The molecule has 51 heavy (non-hydrogen) atoms. The molecule has 0 bridgehead atoms. The summed E-state index contributed by atoms with van der Waals surface area (Å²) in [6, 6.07) is 4.58. The Bertz CT molecular complexity index is 2500. The molecule has 1 aromatic carbocycles. The molecule has 17 nitrogen and oxygen atoms in total. The van der Waals surface area contributed by atoms with Gasteiger partial charge in [0.2, 0.25) is 10.0 Å². The van der Waals surface area contributed by atoms with Crippen molar-refractivity contribution in [2.75, 3.05) is 38.2 Å². The van der Waals surface area contributed by atoms with Gasteiger partial charge in [-0.05, 0) is 18.2 Å². The van der Waals surface area contributed by atoms with Gasteiger partial charge >= 0.3 is 0 Å². The number of benzene rings is 1. The molecule has 0 amide bonds. The number of ether oxygens (including phenoxy) is 1. The Morgan fingerprint density at radius 2 is 1.31 bits per heavy atom. The second kappa shape index (κ2) is 13.5. The van der Waals surface area contributed by atoms with Gasteiger partial charge in [0.1, 0.15) is 40.5 Å². The number of hydrogen-bond donors (Lipinski definition) is 0. The largest absolute Gasteiger partial charge is 0.495 e. The predicted octanol–water partition coefficient (Wildman–Crippen LogP) is 3.35. The fourth-order valence-corrected chi connectivity index (χ4v) is 7.92. The Labute approximate surface area is 302 Å². The van der Waals surface area contributed by atoms with Gasteiger partial charge in [-0.2, -0.15) is 14.5 Å². The third-order valence-corrected chi connectivity index (χ3v) is 10.9. The standard InChI is InChI=1S/C21H23ClN8O3S.C10H9ClN6/c1-27-12-14(11-25-27)19-26-18-20(28(19)2)23-13-24-21(18)29-6-8-30(9-7-29)34(31,32)17-10-15(22)4-5-16(17)33-3;1-16-4-6(3-14-16)9-15-7-8(11)12-5-13-10(7)17(9)2/h4-5,10-13H,6-9H2,1-3H3;3-5H,1-2H3. The van der Waals surface area contributed by atoms with E-state index in [1.807, 2.05) is 54.6 Å². The number of piperazine rings is 1.